The monoisotopic (exact) mass is 312 g/mol. The van der Waals surface area contributed by atoms with E-state index in [9.17, 15) is 14.9 Å². The highest BCUT2D eigenvalue weighted by Crippen LogP contribution is 2.32. The lowest BCUT2D eigenvalue weighted by atomic mass is 10.1. The van der Waals surface area contributed by atoms with Crippen LogP contribution in [0.3, 0.4) is 0 Å². The fourth-order valence-electron chi connectivity index (χ4n) is 2.88. The number of hydrogen-bond acceptors (Lipinski definition) is 4. The number of nitro benzene ring substituents is 1. The number of benzene rings is 2. The first-order valence-corrected chi connectivity index (χ1v) is 7.34. The van der Waals surface area contributed by atoms with E-state index in [1.165, 1.54) is 12.1 Å². The van der Waals surface area contributed by atoms with Gasteiger partial charge in [0.25, 0.3) is 5.91 Å². The molecular weight excluding hydrogens is 296 g/mol. The van der Waals surface area contributed by atoms with Crippen molar-refractivity contribution in [2.24, 2.45) is 0 Å². The van der Waals surface area contributed by atoms with Gasteiger partial charge in [-0.25, -0.2) is 0 Å². The summed E-state index contributed by atoms with van der Waals surface area (Å²) in [7, 11) is 0. The highest BCUT2D eigenvalue weighted by atomic mass is 16.6. The Morgan fingerprint density at radius 1 is 1.26 bits per heavy atom. The maximum Gasteiger partial charge on any atom is 0.310 e. The number of hydrogen-bond donors (Lipinski definition) is 0. The van der Waals surface area contributed by atoms with Crippen molar-refractivity contribution in [1.82, 2.24) is 0 Å². The highest BCUT2D eigenvalue weighted by Gasteiger charge is 2.31. The Labute approximate surface area is 133 Å². The standard InChI is InChI=1S/C17H16N2O4/c1-12-10-13-6-2-3-7-14(13)18(12)17(20)11-23-16-9-5-4-8-15(16)19(21)22/h2-9,12H,10-11H2,1H3/t12-/m1/s1. The van der Waals surface area contributed by atoms with E-state index in [4.69, 9.17) is 4.74 Å². The molecule has 2 aromatic rings. The molecule has 0 radical (unpaired) electrons. The van der Waals surface area contributed by atoms with Gasteiger partial charge in [-0.1, -0.05) is 30.3 Å². The van der Waals surface area contributed by atoms with Crippen molar-refractivity contribution >= 4 is 17.3 Å². The fourth-order valence-corrected chi connectivity index (χ4v) is 2.88. The summed E-state index contributed by atoms with van der Waals surface area (Å²) in [6.07, 6.45) is 0.799. The van der Waals surface area contributed by atoms with Gasteiger partial charge in [0.2, 0.25) is 0 Å². The van der Waals surface area contributed by atoms with Gasteiger partial charge in [-0.2, -0.15) is 0 Å². The number of carbonyl (C=O) groups excluding carboxylic acids is 1. The third-order valence-corrected chi connectivity index (χ3v) is 3.89. The molecule has 0 aliphatic carbocycles. The average molecular weight is 312 g/mol. The van der Waals surface area contributed by atoms with Crippen molar-refractivity contribution < 1.29 is 14.5 Å². The minimum atomic E-state index is -0.520. The van der Waals surface area contributed by atoms with Crippen molar-refractivity contribution in [2.75, 3.05) is 11.5 Å². The molecule has 0 fully saturated rings. The summed E-state index contributed by atoms with van der Waals surface area (Å²) >= 11 is 0. The molecule has 1 amide bonds. The van der Waals surface area contributed by atoms with Crippen molar-refractivity contribution in [3.8, 4) is 5.75 Å². The van der Waals surface area contributed by atoms with Gasteiger partial charge in [0, 0.05) is 17.8 Å². The number of nitrogens with zero attached hydrogens (tertiary/aromatic N) is 2. The molecule has 118 valence electrons. The minimum Gasteiger partial charge on any atom is -0.477 e. The number of anilines is 1. The quantitative estimate of drug-likeness (QED) is 0.642. The SMILES string of the molecule is C[C@@H]1Cc2ccccc2N1C(=O)COc1ccccc1[N+](=O)[O-]. The minimum absolute atomic E-state index is 0.0502. The van der Waals surface area contributed by atoms with Gasteiger partial charge < -0.3 is 9.64 Å². The van der Waals surface area contributed by atoms with E-state index < -0.39 is 4.92 Å². The summed E-state index contributed by atoms with van der Waals surface area (Å²) in [4.78, 5) is 24.7. The van der Waals surface area contributed by atoms with Crippen LogP contribution >= 0.6 is 0 Å². The molecular formula is C17H16N2O4. The molecule has 23 heavy (non-hydrogen) atoms. The molecule has 6 heteroatoms. The first-order chi connectivity index (χ1) is 11.1. The molecule has 0 aromatic heterocycles. The number of amides is 1. The molecule has 0 N–H and O–H groups in total. The van der Waals surface area contributed by atoms with Crippen LogP contribution in [0.2, 0.25) is 0 Å². The van der Waals surface area contributed by atoms with Crippen molar-refractivity contribution in [1.29, 1.82) is 0 Å². The number of rotatable bonds is 4. The van der Waals surface area contributed by atoms with E-state index in [2.05, 4.69) is 0 Å². The zero-order valence-corrected chi connectivity index (χ0v) is 12.6. The van der Waals surface area contributed by atoms with Crippen LogP contribution in [0, 0.1) is 10.1 Å². The third kappa shape index (κ3) is 2.88. The zero-order valence-electron chi connectivity index (χ0n) is 12.6. The fraction of sp³-hybridized carbons (Fsp3) is 0.235. The number of para-hydroxylation sites is 3. The first-order valence-electron chi connectivity index (χ1n) is 7.34. The number of nitro groups is 1. The predicted octanol–water partition coefficient (Wildman–Crippen LogP) is 2.95. The lowest BCUT2D eigenvalue weighted by Crippen LogP contribution is -2.39. The van der Waals surface area contributed by atoms with Crippen LogP contribution in [0.4, 0.5) is 11.4 Å². The smallest absolute Gasteiger partial charge is 0.310 e. The van der Waals surface area contributed by atoms with Crippen LogP contribution in [0.5, 0.6) is 5.75 Å². The molecule has 0 spiro atoms. The maximum atomic E-state index is 12.5. The lowest BCUT2D eigenvalue weighted by molar-refractivity contribution is -0.385. The Morgan fingerprint density at radius 3 is 2.74 bits per heavy atom. The Kier molecular flexibility index (Phi) is 3.97. The van der Waals surface area contributed by atoms with Crippen molar-refractivity contribution in [3.63, 3.8) is 0 Å². The van der Waals surface area contributed by atoms with E-state index in [1.807, 2.05) is 31.2 Å². The Hall–Kier alpha value is -2.89. The first kappa shape index (κ1) is 15.0. The van der Waals surface area contributed by atoms with Gasteiger partial charge >= 0.3 is 5.69 Å². The Morgan fingerprint density at radius 2 is 1.96 bits per heavy atom. The molecule has 1 atom stereocenters. The van der Waals surface area contributed by atoms with E-state index in [-0.39, 0.29) is 30.0 Å². The molecule has 2 aromatic carbocycles. The number of fused-ring (bicyclic) bond motifs is 1. The second-order valence-corrected chi connectivity index (χ2v) is 5.46. The van der Waals surface area contributed by atoms with E-state index >= 15 is 0 Å². The van der Waals surface area contributed by atoms with Gasteiger partial charge in [0.15, 0.2) is 12.4 Å². The average Bonchev–Trinajstić information content (AvgIpc) is 2.88. The van der Waals surface area contributed by atoms with Gasteiger partial charge in [0.05, 0.1) is 4.92 Å². The number of ether oxygens (including phenoxy) is 1. The zero-order chi connectivity index (χ0) is 16.4. The predicted molar refractivity (Wildman–Crippen MR) is 85.7 cm³/mol. The van der Waals surface area contributed by atoms with Gasteiger partial charge in [0.1, 0.15) is 0 Å². The molecule has 0 unspecified atom stereocenters. The summed E-state index contributed by atoms with van der Waals surface area (Å²) in [5.41, 5.74) is 1.87. The van der Waals surface area contributed by atoms with Crippen molar-refractivity contribution in [2.45, 2.75) is 19.4 Å². The summed E-state index contributed by atoms with van der Waals surface area (Å²) in [5.74, 6) is -0.105. The van der Waals surface area contributed by atoms with Crippen LogP contribution < -0.4 is 9.64 Å². The molecule has 3 rings (SSSR count). The van der Waals surface area contributed by atoms with Crippen molar-refractivity contribution in [3.05, 3.63) is 64.2 Å². The topological polar surface area (TPSA) is 72.7 Å². The maximum absolute atomic E-state index is 12.5. The van der Waals surface area contributed by atoms with Crippen LogP contribution in [0.25, 0.3) is 0 Å². The normalized spacial score (nSPS) is 16.0. The van der Waals surface area contributed by atoms with Gasteiger partial charge in [-0.15, -0.1) is 0 Å². The third-order valence-electron chi connectivity index (χ3n) is 3.89. The van der Waals surface area contributed by atoms with Crippen LogP contribution in [-0.4, -0.2) is 23.5 Å². The Bertz CT molecular complexity index is 760. The summed E-state index contributed by atoms with van der Waals surface area (Å²) in [6, 6.07) is 13.8. The summed E-state index contributed by atoms with van der Waals surface area (Å²) in [5, 5.41) is 11.0. The summed E-state index contributed by atoms with van der Waals surface area (Å²) in [6.45, 7) is 1.74. The highest BCUT2D eigenvalue weighted by molar-refractivity contribution is 5.97. The Balaban J connectivity index is 1.75. The second kappa shape index (κ2) is 6.08. The van der Waals surface area contributed by atoms with Gasteiger partial charge in [-0.3, -0.25) is 14.9 Å². The van der Waals surface area contributed by atoms with E-state index in [0.29, 0.717) is 0 Å². The van der Waals surface area contributed by atoms with Crippen LogP contribution in [-0.2, 0) is 11.2 Å². The van der Waals surface area contributed by atoms with E-state index in [0.717, 1.165) is 17.7 Å². The molecule has 1 aliphatic heterocycles. The second-order valence-electron chi connectivity index (χ2n) is 5.46. The van der Waals surface area contributed by atoms with Crippen LogP contribution in [0.15, 0.2) is 48.5 Å². The molecule has 6 nitrogen and oxygen atoms in total. The molecule has 1 heterocycles. The molecule has 0 bridgehead atoms. The molecule has 0 saturated carbocycles. The lowest BCUT2D eigenvalue weighted by Gasteiger charge is -2.22. The summed E-state index contributed by atoms with van der Waals surface area (Å²) < 4.78 is 5.40. The van der Waals surface area contributed by atoms with Gasteiger partial charge in [-0.05, 0) is 31.0 Å². The molecule has 0 saturated heterocycles. The van der Waals surface area contributed by atoms with E-state index in [1.54, 1.807) is 17.0 Å². The largest absolute Gasteiger partial charge is 0.477 e. The number of carbonyl (C=O) groups is 1. The van der Waals surface area contributed by atoms with Crippen LogP contribution in [0.1, 0.15) is 12.5 Å². The molecule has 1 aliphatic rings.